The van der Waals surface area contributed by atoms with Crippen LogP contribution in [0, 0.1) is 0 Å². The van der Waals surface area contributed by atoms with E-state index in [1.54, 1.807) is 23.5 Å². The summed E-state index contributed by atoms with van der Waals surface area (Å²) in [6.45, 7) is 4.42. The van der Waals surface area contributed by atoms with Crippen molar-refractivity contribution in [3.8, 4) is 0 Å². The van der Waals surface area contributed by atoms with Gasteiger partial charge in [0.1, 0.15) is 10.3 Å². The maximum absolute atomic E-state index is 12.8. The molecule has 0 atom stereocenters. The molecule has 0 saturated carbocycles. The highest BCUT2D eigenvalue weighted by Gasteiger charge is 2.16. The Bertz CT molecular complexity index is 1410. The predicted molar refractivity (Wildman–Crippen MR) is 123 cm³/mol. The fraction of sp³-hybridized carbons (Fsp3) is 0.174. The van der Waals surface area contributed by atoms with E-state index >= 15 is 0 Å². The Kier molecular flexibility index (Phi) is 6.06. The largest absolute Gasteiger partial charge is 0.358 e. The quantitative estimate of drug-likeness (QED) is 0.334. The molecule has 0 aliphatic heterocycles. The molecule has 3 aromatic carbocycles. The minimum absolute atomic E-state index is 0.00671. The van der Waals surface area contributed by atoms with Gasteiger partial charge in [-0.3, -0.25) is 9.12 Å². The van der Waals surface area contributed by atoms with E-state index in [4.69, 9.17) is 10.2 Å². The fourth-order valence-corrected chi connectivity index (χ4v) is 5.06. The van der Waals surface area contributed by atoms with Crippen LogP contribution in [0.1, 0.15) is 30.9 Å². The summed E-state index contributed by atoms with van der Waals surface area (Å²) in [5.74, 6) is 5.39. The van der Waals surface area contributed by atoms with E-state index in [1.807, 2.05) is 30.3 Å². The zero-order valence-electron chi connectivity index (χ0n) is 17.1. The van der Waals surface area contributed by atoms with Crippen molar-refractivity contribution in [2.45, 2.75) is 31.3 Å². The Labute approximate surface area is 184 Å². The standard InChI is InChI=1S/C23H22N2O4S2/c1-15(2)17-9-12-22-20(13-17)23(19-5-3-4-6-21(19)30-22)25-29-31(26,27)18-10-7-16(8-11-18)14-28-24/h3-13,15H,14,24H2,1-2H3/b25-23+. The van der Waals surface area contributed by atoms with Crippen molar-refractivity contribution in [3.63, 3.8) is 0 Å². The summed E-state index contributed by atoms with van der Waals surface area (Å²) in [6, 6.07) is 20.1. The number of nitrogens with two attached hydrogens (primary N) is 1. The summed E-state index contributed by atoms with van der Waals surface area (Å²) in [6.07, 6.45) is 0. The van der Waals surface area contributed by atoms with Gasteiger partial charge in [-0.05, 0) is 47.4 Å². The van der Waals surface area contributed by atoms with Crippen LogP contribution in [-0.2, 0) is 25.8 Å². The summed E-state index contributed by atoms with van der Waals surface area (Å²) in [5, 5.41) is 6.35. The van der Waals surface area contributed by atoms with Gasteiger partial charge in [0.15, 0.2) is 0 Å². The van der Waals surface area contributed by atoms with E-state index in [9.17, 15) is 8.42 Å². The highest BCUT2D eigenvalue weighted by Crippen LogP contribution is 2.27. The lowest BCUT2D eigenvalue weighted by molar-refractivity contribution is 0.124. The maximum Gasteiger partial charge on any atom is 0.358 e. The zero-order valence-corrected chi connectivity index (χ0v) is 18.7. The Balaban J connectivity index is 1.85. The molecule has 0 fully saturated rings. The summed E-state index contributed by atoms with van der Waals surface area (Å²) in [4.78, 5) is 4.58. The smallest absolute Gasteiger partial charge is 0.300 e. The zero-order chi connectivity index (χ0) is 22.0. The molecule has 0 spiro atoms. The third-order valence-corrected chi connectivity index (χ3v) is 7.25. The minimum atomic E-state index is -4.09. The molecule has 0 radical (unpaired) electrons. The second-order valence-electron chi connectivity index (χ2n) is 7.43. The lowest BCUT2D eigenvalue weighted by Crippen LogP contribution is -2.10. The Morgan fingerprint density at radius 1 is 0.968 bits per heavy atom. The van der Waals surface area contributed by atoms with Gasteiger partial charge < -0.3 is 0 Å². The summed E-state index contributed by atoms with van der Waals surface area (Å²) in [5.41, 5.74) is 1.90. The van der Waals surface area contributed by atoms with Gasteiger partial charge in [0, 0.05) is 20.2 Å². The Morgan fingerprint density at radius 3 is 2.39 bits per heavy atom. The molecule has 0 bridgehead atoms. The van der Waals surface area contributed by atoms with Gasteiger partial charge >= 0.3 is 10.1 Å². The lowest BCUT2D eigenvalue weighted by atomic mass is 10.0. The third-order valence-electron chi connectivity index (χ3n) is 4.98. The molecule has 4 aromatic rings. The highest BCUT2D eigenvalue weighted by molar-refractivity contribution is 7.86. The molecule has 0 saturated heterocycles. The average molecular weight is 455 g/mol. The van der Waals surface area contributed by atoms with Crippen molar-refractivity contribution in [1.29, 1.82) is 0 Å². The monoisotopic (exact) mass is 454 g/mol. The molecular weight excluding hydrogens is 432 g/mol. The van der Waals surface area contributed by atoms with Crippen molar-refractivity contribution in [2.75, 3.05) is 0 Å². The van der Waals surface area contributed by atoms with Crippen molar-refractivity contribution >= 4 is 41.6 Å². The highest BCUT2D eigenvalue weighted by atomic mass is 32.2. The van der Waals surface area contributed by atoms with Crippen LogP contribution in [0.4, 0.5) is 0 Å². The molecule has 0 amide bonds. The molecule has 0 unspecified atom stereocenters. The van der Waals surface area contributed by atoms with Gasteiger partial charge in [-0.1, -0.05) is 55.4 Å². The van der Waals surface area contributed by atoms with Gasteiger partial charge in [-0.2, -0.15) is 8.42 Å². The van der Waals surface area contributed by atoms with Crippen LogP contribution in [0.2, 0.25) is 0 Å². The molecule has 4 rings (SSSR count). The number of hydrogen-bond acceptors (Lipinski definition) is 7. The minimum Gasteiger partial charge on any atom is -0.300 e. The van der Waals surface area contributed by atoms with Gasteiger partial charge in [0.2, 0.25) is 0 Å². The van der Waals surface area contributed by atoms with E-state index in [0.29, 0.717) is 11.3 Å². The van der Waals surface area contributed by atoms with Crippen molar-refractivity contribution < 1.29 is 17.5 Å². The van der Waals surface area contributed by atoms with E-state index in [0.717, 1.165) is 31.3 Å². The number of benzene rings is 3. The van der Waals surface area contributed by atoms with E-state index < -0.39 is 10.1 Å². The third kappa shape index (κ3) is 4.47. The number of rotatable bonds is 6. The van der Waals surface area contributed by atoms with Crippen LogP contribution in [0.15, 0.2) is 76.8 Å². The van der Waals surface area contributed by atoms with Crippen LogP contribution in [-0.4, -0.2) is 8.42 Å². The van der Waals surface area contributed by atoms with Crippen LogP contribution in [0.5, 0.6) is 0 Å². The molecule has 31 heavy (non-hydrogen) atoms. The van der Waals surface area contributed by atoms with Crippen molar-refractivity contribution in [3.05, 3.63) is 83.2 Å². The number of hydrogen-bond donors (Lipinski definition) is 1. The summed E-state index contributed by atoms with van der Waals surface area (Å²) in [7, 11) is -4.09. The summed E-state index contributed by atoms with van der Waals surface area (Å²) < 4.78 is 32.7. The first-order valence-electron chi connectivity index (χ1n) is 9.73. The molecule has 1 aromatic heterocycles. The number of fused-ring (bicyclic) bond motifs is 2. The van der Waals surface area contributed by atoms with Gasteiger partial charge in [0.05, 0.1) is 6.61 Å². The Morgan fingerprint density at radius 2 is 1.68 bits per heavy atom. The second kappa shape index (κ2) is 8.76. The normalized spacial score (nSPS) is 12.7. The fourth-order valence-electron chi connectivity index (χ4n) is 3.27. The van der Waals surface area contributed by atoms with E-state index in [-0.39, 0.29) is 11.5 Å². The second-order valence-corrected chi connectivity index (χ2v) is 10.0. The molecule has 0 aliphatic rings. The van der Waals surface area contributed by atoms with Gasteiger partial charge in [0.25, 0.3) is 0 Å². The maximum atomic E-state index is 12.8. The molecule has 2 N–H and O–H groups in total. The van der Waals surface area contributed by atoms with E-state index in [2.05, 4.69) is 36.0 Å². The van der Waals surface area contributed by atoms with Crippen LogP contribution >= 0.6 is 11.3 Å². The summed E-state index contributed by atoms with van der Waals surface area (Å²) >= 11 is 1.63. The van der Waals surface area contributed by atoms with E-state index in [1.165, 1.54) is 12.1 Å². The van der Waals surface area contributed by atoms with Crippen molar-refractivity contribution in [2.24, 2.45) is 11.1 Å². The van der Waals surface area contributed by atoms with Gasteiger partial charge in [-0.15, -0.1) is 11.3 Å². The number of nitrogens with zero attached hydrogens (tertiary/aromatic N) is 1. The molecule has 0 aliphatic carbocycles. The first-order valence-corrected chi connectivity index (χ1v) is 12.0. The molecule has 160 valence electrons. The Hall–Kier alpha value is -2.78. The first kappa shape index (κ1) is 21.5. The molecule has 8 heteroatoms. The lowest BCUT2D eigenvalue weighted by Gasteiger charge is -2.09. The average Bonchev–Trinajstić information content (AvgIpc) is 2.77. The topological polar surface area (TPSA) is 91.0 Å². The van der Waals surface area contributed by atoms with Crippen molar-refractivity contribution in [1.82, 2.24) is 0 Å². The van der Waals surface area contributed by atoms with Crippen LogP contribution in [0.3, 0.4) is 0 Å². The predicted octanol–water partition coefficient (Wildman–Crippen LogP) is 4.79. The SMILES string of the molecule is CC(C)c1ccc2sc3ccccc3/c(=N\OS(=O)(=O)c3ccc(CON)cc3)c2c1. The van der Waals surface area contributed by atoms with Crippen LogP contribution in [0.25, 0.3) is 20.2 Å². The first-order chi connectivity index (χ1) is 14.9. The molecule has 1 heterocycles. The van der Waals surface area contributed by atoms with Gasteiger partial charge in [-0.25, -0.2) is 5.90 Å². The van der Waals surface area contributed by atoms with Crippen LogP contribution < -0.4 is 11.3 Å². The molecule has 6 nitrogen and oxygen atoms in total. The molecular formula is C23H22N2O4S2.